The fraction of sp³-hybridized carbons (Fsp3) is 0.667. The number of aliphatic carboxylic acids is 1. The minimum atomic E-state index is -1.12. The molecule has 1 rings (SSSR count). The molecule has 0 aromatic carbocycles. The summed E-state index contributed by atoms with van der Waals surface area (Å²) in [4.78, 5) is 27.2. The van der Waals surface area contributed by atoms with Crippen LogP contribution in [0.25, 0.3) is 0 Å². The molecule has 0 spiro atoms. The van der Waals surface area contributed by atoms with Crippen molar-refractivity contribution >= 4 is 11.9 Å². The van der Waals surface area contributed by atoms with Crippen molar-refractivity contribution in [2.24, 2.45) is 5.92 Å². The number of nitrogens with zero attached hydrogens (tertiary/aromatic N) is 3. The number of nitrogens with one attached hydrogen (secondary N) is 1. The van der Waals surface area contributed by atoms with E-state index in [1.807, 2.05) is 11.0 Å². The molecule has 1 heterocycles. The van der Waals surface area contributed by atoms with Gasteiger partial charge in [0.2, 0.25) is 0 Å². The first kappa shape index (κ1) is 18.9. The molecule has 3 N–H and O–H groups in total. The molecule has 8 heteroatoms. The Balaban J connectivity index is 2.67. The lowest BCUT2D eigenvalue weighted by molar-refractivity contribution is -0.142. The molecule has 0 aliphatic carbocycles. The highest BCUT2D eigenvalue weighted by Gasteiger charge is 2.25. The molecular weight excluding hydrogens is 300 g/mol. The van der Waals surface area contributed by atoms with E-state index in [1.165, 1.54) is 6.20 Å². The van der Waals surface area contributed by atoms with Crippen molar-refractivity contribution in [3.05, 3.63) is 11.8 Å². The number of carbonyl (C=O) groups excluding carboxylic acids is 1. The van der Waals surface area contributed by atoms with E-state index in [9.17, 15) is 9.59 Å². The highest BCUT2D eigenvalue weighted by atomic mass is 16.4. The maximum Gasteiger partial charge on any atom is 0.326 e. The molecule has 0 aromatic rings. The van der Waals surface area contributed by atoms with Crippen LogP contribution in [0, 0.1) is 17.2 Å². The van der Waals surface area contributed by atoms with Gasteiger partial charge in [-0.3, -0.25) is 9.69 Å². The Morgan fingerprint density at radius 1 is 1.30 bits per heavy atom. The second kappa shape index (κ2) is 9.12. The summed E-state index contributed by atoms with van der Waals surface area (Å²) in [5, 5.41) is 29.5. The maximum absolute atomic E-state index is 12.1. The molecule has 1 amide bonds. The summed E-state index contributed by atoms with van der Waals surface area (Å²) in [6, 6.07) is 0.802. The van der Waals surface area contributed by atoms with Crippen molar-refractivity contribution in [3.63, 3.8) is 0 Å². The third-order valence-corrected chi connectivity index (χ3v) is 3.72. The van der Waals surface area contributed by atoms with E-state index >= 15 is 0 Å². The number of rotatable bonds is 7. The fourth-order valence-electron chi connectivity index (χ4n) is 2.31. The van der Waals surface area contributed by atoms with Crippen LogP contribution in [0.5, 0.6) is 0 Å². The number of carboxylic acids is 1. The molecule has 1 aliphatic rings. The molecule has 1 aliphatic heterocycles. The van der Waals surface area contributed by atoms with Gasteiger partial charge >= 0.3 is 5.97 Å². The highest BCUT2D eigenvalue weighted by Crippen LogP contribution is 2.07. The van der Waals surface area contributed by atoms with E-state index in [0.717, 1.165) is 13.1 Å². The molecule has 1 saturated heterocycles. The lowest BCUT2D eigenvalue weighted by atomic mass is 10.0. The van der Waals surface area contributed by atoms with E-state index < -0.39 is 17.9 Å². The van der Waals surface area contributed by atoms with Crippen molar-refractivity contribution in [1.82, 2.24) is 15.1 Å². The van der Waals surface area contributed by atoms with Crippen LogP contribution in [0.3, 0.4) is 0 Å². The first-order chi connectivity index (χ1) is 10.9. The average Bonchev–Trinajstić information content (AvgIpc) is 2.51. The smallest absolute Gasteiger partial charge is 0.326 e. The summed E-state index contributed by atoms with van der Waals surface area (Å²) >= 11 is 0. The SMILES string of the molecule is CC(C)C(NC(=O)/C(C#N)=C\N1CCN(CCO)CC1)C(=O)O. The number of aliphatic hydroxyl groups is 1. The number of aliphatic hydroxyl groups excluding tert-OH is 1. The predicted octanol–water partition coefficient (Wildman–Crippen LogP) is -0.771. The Morgan fingerprint density at radius 3 is 2.35 bits per heavy atom. The van der Waals surface area contributed by atoms with Crippen molar-refractivity contribution in [2.45, 2.75) is 19.9 Å². The molecule has 1 unspecified atom stereocenters. The number of nitriles is 1. The zero-order chi connectivity index (χ0) is 17.4. The molecule has 128 valence electrons. The topological polar surface area (TPSA) is 117 Å². The number of piperazine rings is 1. The van der Waals surface area contributed by atoms with Crippen LogP contribution in [0.4, 0.5) is 0 Å². The molecule has 8 nitrogen and oxygen atoms in total. The molecule has 1 atom stereocenters. The summed E-state index contributed by atoms with van der Waals surface area (Å²) in [6.45, 7) is 6.86. The maximum atomic E-state index is 12.1. The molecule has 0 bridgehead atoms. The number of amides is 1. The van der Waals surface area contributed by atoms with Crippen molar-refractivity contribution < 1.29 is 19.8 Å². The Kier molecular flexibility index (Phi) is 7.51. The monoisotopic (exact) mass is 324 g/mol. The average molecular weight is 324 g/mol. The van der Waals surface area contributed by atoms with Crippen LogP contribution in [-0.4, -0.2) is 77.3 Å². The molecule has 0 aromatic heterocycles. The first-order valence-corrected chi connectivity index (χ1v) is 7.62. The van der Waals surface area contributed by atoms with E-state index in [2.05, 4.69) is 10.2 Å². The van der Waals surface area contributed by atoms with Gasteiger partial charge in [0, 0.05) is 38.9 Å². The predicted molar refractivity (Wildman–Crippen MR) is 83.2 cm³/mol. The summed E-state index contributed by atoms with van der Waals surface area (Å²) in [6.07, 6.45) is 1.48. The molecule has 0 radical (unpaired) electrons. The number of hydrogen-bond donors (Lipinski definition) is 3. The third kappa shape index (κ3) is 5.88. The summed E-state index contributed by atoms with van der Waals surface area (Å²) < 4.78 is 0. The van der Waals surface area contributed by atoms with Crippen LogP contribution in [-0.2, 0) is 9.59 Å². The van der Waals surface area contributed by atoms with Gasteiger partial charge in [0.1, 0.15) is 17.7 Å². The van der Waals surface area contributed by atoms with Gasteiger partial charge in [0.25, 0.3) is 5.91 Å². The lowest BCUT2D eigenvalue weighted by Gasteiger charge is -2.33. The third-order valence-electron chi connectivity index (χ3n) is 3.72. The van der Waals surface area contributed by atoms with Crippen LogP contribution >= 0.6 is 0 Å². The summed E-state index contributed by atoms with van der Waals surface area (Å²) in [5.41, 5.74) is -0.104. The van der Waals surface area contributed by atoms with E-state index in [4.69, 9.17) is 15.5 Å². The van der Waals surface area contributed by atoms with Crippen LogP contribution < -0.4 is 5.32 Å². The Hall–Kier alpha value is -2.11. The standard InChI is InChI=1S/C15H24N4O4/c1-11(2)13(15(22)23)17-14(21)12(9-16)10-19-5-3-18(4-6-19)7-8-20/h10-11,13,20H,3-8H2,1-2H3,(H,17,21)(H,22,23)/b12-10-. The van der Waals surface area contributed by atoms with Crippen molar-refractivity contribution in [3.8, 4) is 6.07 Å². The quantitative estimate of drug-likeness (QED) is 0.416. The van der Waals surface area contributed by atoms with Crippen molar-refractivity contribution in [2.75, 3.05) is 39.3 Å². The second-order valence-corrected chi connectivity index (χ2v) is 5.79. The molecule has 1 fully saturated rings. The van der Waals surface area contributed by atoms with E-state index in [1.54, 1.807) is 13.8 Å². The Bertz CT molecular complexity index is 490. The van der Waals surface area contributed by atoms with E-state index in [-0.39, 0.29) is 18.1 Å². The number of hydrogen-bond acceptors (Lipinski definition) is 6. The minimum absolute atomic E-state index is 0.104. The highest BCUT2D eigenvalue weighted by molar-refractivity contribution is 5.99. The van der Waals surface area contributed by atoms with Gasteiger partial charge in [-0.05, 0) is 5.92 Å². The Morgan fingerprint density at radius 2 is 1.91 bits per heavy atom. The van der Waals surface area contributed by atoms with Crippen LogP contribution in [0.2, 0.25) is 0 Å². The van der Waals surface area contributed by atoms with Crippen molar-refractivity contribution in [1.29, 1.82) is 5.26 Å². The summed E-state index contributed by atoms with van der Waals surface area (Å²) in [5.74, 6) is -2.08. The zero-order valence-corrected chi connectivity index (χ0v) is 13.5. The second-order valence-electron chi connectivity index (χ2n) is 5.79. The van der Waals surface area contributed by atoms with E-state index in [0.29, 0.717) is 19.6 Å². The van der Waals surface area contributed by atoms with Gasteiger partial charge in [-0.25, -0.2) is 4.79 Å². The number of carboxylic acid groups (broad SMARTS) is 1. The lowest BCUT2D eigenvalue weighted by Crippen LogP contribution is -2.46. The zero-order valence-electron chi connectivity index (χ0n) is 13.5. The Labute approximate surface area is 136 Å². The summed E-state index contributed by atoms with van der Waals surface area (Å²) in [7, 11) is 0. The van der Waals surface area contributed by atoms with Gasteiger partial charge in [-0.15, -0.1) is 0 Å². The van der Waals surface area contributed by atoms with Gasteiger partial charge in [0.15, 0.2) is 0 Å². The molecular formula is C15H24N4O4. The number of carbonyl (C=O) groups is 2. The van der Waals surface area contributed by atoms with Crippen LogP contribution in [0.15, 0.2) is 11.8 Å². The molecule has 23 heavy (non-hydrogen) atoms. The van der Waals surface area contributed by atoms with Gasteiger partial charge < -0.3 is 20.4 Å². The minimum Gasteiger partial charge on any atom is -0.480 e. The largest absolute Gasteiger partial charge is 0.480 e. The molecule has 0 saturated carbocycles. The fourth-order valence-corrected chi connectivity index (χ4v) is 2.31. The van der Waals surface area contributed by atoms with Gasteiger partial charge in [0.05, 0.1) is 6.61 Å². The van der Waals surface area contributed by atoms with Crippen LogP contribution in [0.1, 0.15) is 13.8 Å². The first-order valence-electron chi connectivity index (χ1n) is 7.62. The van der Waals surface area contributed by atoms with Gasteiger partial charge in [-0.1, -0.05) is 13.8 Å². The normalized spacial score (nSPS) is 17.7. The van der Waals surface area contributed by atoms with Gasteiger partial charge in [-0.2, -0.15) is 5.26 Å². The number of β-amino-alcohol motifs (C(OH)–C–C–N with tert-alkyl or cyclic N) is 1.